The number of carbonyl (C=O) groups excluding carboxylic acids is 2. The first-order valence-corrected chi connectivity index (χ1v) is 19.1. The van der Waals surface area contributed by atoms with Gasteiger partial charge in [-0.05, 0) is 142 Å². The topological polar surface area (TPSA) is 106 Å². The van der Waals surface area contributed by atoms with Crippen molar-refractivity contribution < 1.29 is 24.2 Å². The number of aromatic nitrogens is 1. The van der Waals surface area contributed by atoms with Crippen molar-refractivity contribution in [2.75, 3.05) is 0 Å². The second-order valence-electron chi connectivity index (χ2n) is 19.1. The second kappa shape index (κ2) is 12.2. The van der Waals surface area contributed by atoms with E-state index >= 15 is 0 Å². The van der Waals surface area contributed by atoms with Crippen LogP contribution in [0.25, 0.3) is 0 Å². The van der Waals surface area contributed by atoms with Crippen molar-refractivity contribution in [2.45, 2.75) is 139 Å². The molecule has 6 rings (SSSR count). The summed E-state index contributed by atoms with van der Waals surface area (Å²) in [5.74, 6) is 0.967. The van der Waals surface area contributed by atoms with Gasteiger partial charge < -0.3 is 15.2 Å². The van der Waals surface area contributed by atoms with Gasteiger partial charge >= 0.3 is 11.9 Å². The van der Waals surface area contributed by atoms with Crippen LogP contribution in [0, 0.1) is 62.1 Å². The van der Waals surface area contributed by atoms with E-state index in [-0.39, 0.29) is 45.5 Å². The predicted octanol–water partition coefficient (Wildman–Crippen LogP) is 8.77. The van der Waals surface area contributed by atoms with Crippen LogP contribution in [0.5, 0.6) is 0 Å². The van der Waals surface area contributed by atoms with E-state index in [4.69, 9.17) is 4.74 Å². The first-order valence-electron chi connectivity index (χ1n) is 19.1. The van der Waals surface area contributed by atoms with E-state index in [1.807, 2.05) is 18.3 Å². The zero-order chi connectivity index (χ0) is 35.8. The van der Waals surface area contributed by atoms with Crippen LogP contribution in [-0.4, -0.2) is 34.0 Å². The lowest BCUT2D eigenvalue weighted by molar-refractivity contribution is -0.249. The lowest BCUT2D eigenvalue weighted by Crippen LogP contribution is -2.67. The number of fused-ring (bicyclic) bond motifs is 7. The monoisotopic (exact) mass is 674 g/mol. The normalized spacial score (nSPS) is 40.9. The summed E-state index contributed by atoms with van der Waals surface area (Å²) in [5, 5.41) is 13.0. The van der Waals surface area contributed by atoms with Crippen molar-refractivity contribution in [3.8, 4) is 0 Å². The van der Waals surface area contributed by atoms with Crippen LogP contribution in [0.1, 0.15) is 132 Å². The largest absolute Gasteiger partial charge is 0.481 e. The number of allylic oxidation sites excluding steroid dienone is 1. The summed E-state index contributed by atoms with van der Waals surface area (Å²) in [6.07, 6.45) is 13.7. The highest BCUT2D eigenvalue weighted by Gasteiger charge is 2.72. The Balaban J connectivity index is 1.25. The summed E-state index contributed by atoms with van der Waals surface area (Å²) < 4.78 is 6.16. The number of nitrogens with zero attached hydrogens (tertiary/aromatic N) is 1. The van der Waals surface area contributed by atoms with Crippen molar-refractivity contribution in [1.82, 2.24) is 10.3 Å². The Morgan fingerprint density at radius 3 is 2.35 bits per heavy atom. The Morgan fingerprint density at radius 2 is 1.69 bits per heavy atom. The summed E-state index contributed by atoms with van der Waals surface area (Å²) in [5.41, 5.74) is 0.952. The van der Waals surface area contributed by atoms with E-state index in [2.05, 4.69) is 58.4 Å². The van der Waals surface area contributed by atoms with Gasteiger partial charge in [-0.2, -0.15) is 0 Å². The molecule has 1 aromatic rings. The molecule has 0 unspecified atom stereocenters. The molecule has 0 aromatic carbocycles. The van der Waals surface area contributed by atoms with Gasteiger partial charge in [0.05, 0.1) is 17.3 Å². The molecule has 1 heterocycles. The molecule has 7 heteroatoms. The van der Waals surface area contributed by atoms with Gasteiger partial charge in [-0.15, -0.1) is 0 Å². The maximum absolute atomic E-state index is 14.4. The molecular weight excluding hydrogens is 612 g/mol. The molecule has 0 radical (unpaired) electrons. The number of pyridine rings is 1. The predicted molar refractivity (Wildman–Crippen MR) is 191 cm³/mol. The number of hydrogen-bond donors (Lipinski definition) is 2. The van der Waals surface area contributed by atoms with E-state index in [1.54, 1.807) is 20.0 Å². The molecule has 49 heavy (non-hydrogen) atoms. The molecule has 5 fully saturated rings. The van der Waals surface area contributed by atoms with Gasteiger partial charge in [-0.1, -0.05) is 52.8 Å². The number of carboxylic acids is 1. The molecular formula is C42H62N2O5. The summed E-state index contributed by atoms with van der Waals surface area (Å²) >= 11 is 0. The lowest BCUT2D eigenvalue weighted by atomic mass is 9.32. The maximum atomic E-state index is 14.4. The van der Waals surface area contributed by atoms with Gasteiger partial charge in [0.1, 0.15) is 6.10 Å². The Kier molecular flexibility index (Phi) is 9.00. The number of carboxylic acid groups (broad SMARTS) is 1. The van der Waals surface area contributed by atoms with Gasteiger partial charge in [-0.25, -0.2) is 0 Å². The number of amides is 1. The molecule has 0 saturated heterocycles. The van der Waals surface area contributed by atoms with Crippen LogP contribution in [0.2, 0.25) is 0 Å². The third-order valence-corrected chi connectivity index (χ3v) is 16.1. The highest BCUT2D eigenvalue weighted by Crippen LogP contribution is 2.77. The molecule has 0 bridgehead atoms. The first kappa shape index (κ1) is 36.1. The number of aliphatic carboxylic acids is 1. The molecule has 5 saturated carbocycles. The molecule has 1 aromatic heterocycles. The van der Waals surface area contributed by atoms with Crippen molar-refractivity contribution in [3.63, 3.8) is 0 Å². The number of esters is 1. The van der Waals surface area contributed by atoms with Crippen molar-refractivity contribution >= 4 is 17.8 Å². The van der Waals surface area contributed by atoms with Crippen LogP contribution < -0.4 is 5.32 Å². The van der Waals surface area contributed by atoms with Crippen molar-refractivity contribution in [2.24, 2.45) is 62.1 Å². The maximum Gasteiger partial charge on any atom is 0.309 e. The third-order valence-electron chi connectivity index (χ3n) is 16.1. The molecule has 1 amide bonds. The molecule has 270 valence electrons. The molecule has 5 aliphatic rings. The number of ether oxygens (including phenoxy) is 1. The summed E-state index contributed by atoms with van der Waals surface area (Å²) in [6.45, 7) is 22.7. The van der Waals surface area contributed by atoms with Gasteiger partial charge in [0.2, 0.25) is 5.91 Å². The minimum Gasteiger partial charge on any atom is -0.481 e. The van der Waals surface area contributed by atoms with Gasteiger partial charge in [0, 0.05) is 24.4 Å². The second-order valence-corrected chi connectivity index (χ2v) is 19.1. The van der Waals surface area contributed by atoms with Crippen LogP contribution in [0.4, 0.5) is 0 Å². The van der Waals surface area contributed by atoms with Crippen LogP contribution in [0.3, 0.4) is 0 Å². The molecule has 7 nitrogen and oxygen atoms in total. The Hall–Kier alpha value is -2.70. The number of hydrogen-bond acceptors (Lipinski definition) is 5. The molecule has 0 spiro atoms. The number of rotatable bonds is 8. The Morgan fingerprint density at radius 1 is 0.959 bits per heavy atom. The zero-order valence-electron chi connectivity index (χ0n) is 31.5. The van der Waals surface area contributed by atoms with E-state index in [0.29, 0.717) is 36.1 Å². The fourth-order valence-electron chi connectivity index (χ4n) is 13.2. The quantitative estimate of drug-likeness (QED) is 0.211. The van der Waals surface area contributed by atoms with E-state index < -0.39 is 17.4 Å². The fourth-order valence-corrected chi connectivity index (χ4v) is 13.2. The average Bonchev–Trinajstić information content (AvgIpc) is 3.43. The van der Waals surface area contributed by atoms with Crippen molar-refractivity contribution in [1.29, 1.82) is 0 Å². The molecule has 0 aliphatic heterocycles. The average molecular weight is 675 g/mol. The van der Waals surface area contributed by atoms with Gasteiger partial charge in [-0.3, -0.25) is 19.4 Å². The summed E-state index contributed by atoms with van der Waals surface area (Å²) in [4.78, 5) is 43.4. The fraction of sp³-hybridized carbons (Fsp3) is 0.762. The number of nitrogens with one attached hydrogen (secondary N) is 1. The third kappa shape index (κ3) is 5.50. The van der Waals surface area contributed by atoms with Gasteiger partial charge in [0.25, 0.3) is 0 Å². The van der Waals surface area contributed by atoms with E-state index in [9.17, 15) is 19.5 Å². The summed E-state index contributed by atoms with van der Waals surface area (Å²) in [6, 6.07) is 3.96. The molecule has 2 N–H and O–H groups in total. The minimum absolute atomic E-state index is 0.118. The smallest absolute Gasteiger partial charge is 0.309 e. The molecule has 5 aliphatic carbocycles. The van der Waals surface area contributed by atoms with E-state index in [1.165, 1.54) is 12.0 Å². The highest BCUT2D eigenvalue weighted by atomic mass is 16.5. The number of carbonyl (C=O) groups is 3. The summed E-state index contributed by atoms with van der Waals surface area (Å²) in [7, 11) is 0. The SMILES string of the molecule is C=C(C)[C@@H]1CC[C@]2(C(=O)NCc3cccnc3)CC[C@]3(C)[C@H](CC[C@@H]4[C@@]5(C)CC[C@H](OC(=O)CC(C)(C)C(=O)O)C(C)(C)[C@@H]5CC[C@]43C)[C@@H]12. The standard InChI is InChI=1S/C42H62N2O5/c1-26(2)28-14-19-42(35(46)44-25-27-11-10-22-43-24-27)21-20-40(8)29(34(28)42)12-13-31-39(7)17-16-32(49-33(45)23-37(3,4)36(47)48)38(5,6)30(39)15-18-41(31,40)9/h10-11,22,24,28-32,34H,1,12-21,23,25H2,2-9H3,(H,44,46)(H,47,48)/t28-,29+,30-,31+,32-,34+,39-,40+,41+,42-/m0/s1. The Bertz CT molecular complexity index is 1490. The van der Waals surface area contributed by atoms with Crippen LogP contribution >= 0.6 is 0 Å². The zero-order valence-corrected chi connectivity index (χ0v) is 31.5. The Labute approximate surface area is 294 Å². The van der Waals surface area contributed by atoms with Crippen molar-refractivity contribution in [3.05, 3.63) is 42.2 Å². The van der Waals surface area contributed by atoms with Crippen LogP contribution in [-0.2, 0) is 25.7 Å². The minimum atomic E-state index is -1.15. The lowest BCUT2D eigenvalue weighted by Gasteiger charge is -2.72. The highest BCUT2D eigenvalue weighted by molar-refractivity contribution is 5.84. The van der Waals surface area contributed by atoms with Gasteiger partial charge in [0.15, 0.2) is 0 Å². The van der Waals surface area contributed by atoms with E-state index in [0.717, 1.165) is 63.4 Å². The molecule has 10 atom stereocenters. The van der Waals surface area contributed by atoms with Crippen LogP contribution in [0.15, 0.2) is 36.7 Å². The first-order chi connectivity index (χ1) is 22.8.